The number of carboxylic acid groups (broad SMARTS) is 1. The maximum Gasteiger partial charge on any atom is 0.320 e. The first-order valence-electron chi connectivity index (χ1n) is 9.02. The van der Waals surface area contributed by atoms with Crippen LogP contribution in [0.2, 0.25) is 0 Å². The summed E-state index contributed by atoms with van der Waals surface area (Å²) in [6.45, 7) is 4.91. The molecule has 0 aliphatic heterocycles. The Labute approximate surface area is 132 Å². The van der Waals surface area contributed by atoms with Crippen molar-refractivity contribution in [2.45, 2.75) is 96.9 Å². The lowest BCUT2D eigenvalue weighted by atomic mass is 10.1. The van der Waals surface area contributed by atoms with Crippen molar-refractivity contribution < 1.29 is 9.90 Å². The predicted octanol–water partition coefficient (Wildman–Crippen LogP) is 5.09. The number of nitrogens with zero attached hydrogens (tertiary/aromatic N) is 1. The minimum atomic E-state index is -0.726. The number of hydrogen-bond donors (Lipinski definition) is 1. The van der Waals surface area contributed by atoms with E-state index in [0.29, 0.717) is 0 Å². The maximum atomic E-state index is 10.8. The summed E-state index contributed by atoms with van der Waals surface area (Å²) in [5, 5.41) is 8.90. The molecule has 0 saturated heterocycles. The quantitative estimate of drug-likeness (QED) is 0.428. The molecule has 0 fully saturated rings. The van der Waals surface area contributed by atoms with Gasteiger partial charge < -0.3 is 5.11 Å². The Hall–Kier alpha value is -0.570. The highest BCUT2D eigenvalue weighted by atomic mass is 16.4. The fourth-order valence-electron chi connectivity index (χ4n) is 2.58. The van der Waals surface area contributed by atoms with E-state index in [-0.39, 0.29) is 6.04 Å². The molecule has 3 heteroatoms. The summed E-state index contributed by atoms with van der Waals surface area (Å²) in [5.41, 5.74) is 0. The second-order valence-electron chi connectivity index (χ2n) is 6.38. The molecule has 1 atom stereocenters. The lowest BCUT2D eigenvalue weighted by Crippen LogP contribution is -2.36. The predicted molar refractivity (Wildman–Crippen MR) is 90.8 cm³/mol. The molecular weight excluding hydrogens is 262 g/mol. The molecule has 0 aliphatic rings. The first kappa shape index (κ1) is 20.4. The minimum absolute atomic E-state index is 0.363. The van der Waals surface area contributed by atoms with E-state index in [4.69, 9.17) is 5.11 Å². The normalized spacial score (nSPS) is 12.8. The van der Waals surface area contributed by atoms with Gasteiger partial charge in [-0.3, -0.25) is 9.69 Å². The summed E-state index contributed by atoms with van der Waals surface area (Å²) in [6, 6.07) is -0.363. The third-order valence-corrected chi connectivity index (χ3v) is 4.38. The average molecular weight is 299 g/mol. The van der Waals surface area contributed by atoms with E-state index in [2.05, 4.69) is 6.92 Å². The van der Waals surface area contributed by atoms with Gasteiger partial charge in [-0.1, -0.05) is 77.6 Å². The molecule has 0 amide bonds. The molecule has 0 saturated carbocycles. The first-order chi connectivity index (χ1) is 10.1. The highest BCUT2D eigenvalue weighted by molar-refractivity contribution is 5.72. The molecule has 0 bridgehead atoms. The number of carbonyl (C=O) groups is 1. The van der Waals surface area contributed by atoms with Crippen LogP contribution in [0.25, 0.3) is 0 Å². The highest BCUT2D eigenvalue weighted by Gasteiger charge is 2.15. The zero-order valence-electron chi connectivity index (χ0n) is 14.6. The van der Waals surface area contributed by atoms with Crippen LogP contribution < -0.4 is 0 Å². The van der Waals surface area contributed by atoms with Gasteiger partial charge in [-0.05, 0) is 26.9 Å². The maximum absolute atomic E-state index is 10.8. The van der Waals surface area contributed by atoms with Gasteiger partial charge in [-0.25, -0.2) is 0 Å². The van der Waals surface area contributed by atoms with Crippen molar-refractivity contribution in [1.29, 1.82) is 0 Å². The van der Waals surface area contributed by atoms with Crippen molar-refractivity contribution in [1.82, 2.24) is 4.90 Å². The molecule has 0 aromatic rings. The standard InChI is InChI=1S/C18H37NO2/c1-4-5-6-7-8-9-10-11-12-13-14-15-16-19(3)17(2)18(20)21/h17H,4-16H2,1-3H3,(H,20,21)/t17-/m0/s1. The van der Waals surface area contributed by atoms with Crippen molar-refractivity contribution in [3.63, 3.8) is 0 Å². The van der Waals surface area contributed by atoms with Gasteiger partial charge in [0.25, 0.3) is 0 Å². The lowest BCUT2D eigenvalue weighted by Gasteiger charge is -2.20. The van der Waals surface area contributed by atoms with Gasteiger partial charge in [0, 0.05) is 0 Å². The fraction of sp³-hybridized carbons (Fsp3) is 0.944. The number of carboxylic acids is 1. The van der Waals surface area contributed by atoms with E-state index in [9.17, 15) is 4.79 Å². The number of unbranched alkanes of at least 4 members (excludes halogenated alkanes) is 11. The van der Waals surface area contributed by atoms with E-state index >= 15 is 0 Å². The van der Waals surface area contributed by atoms with Gasteiger partial charge in [-0.15, -0.1) is 0 Å². The zero-order valence-corrected chi connectivity index (χ0v) is 14.6. The molecule has 0 aromatic heterocycles. The van der Waals surface area contributed by atoms with Crippen LogP contribution in [0.4, 0.5) is 0 Å². The largest absolute Gasteiger partial charge is 0.480 e. The van der Waals surface area contributed by atoms with Crippen LogP contribution in [-0.4, -0.2) is 35.6 Å². The summed E-state index contributed by atoms with van der Waals surface area (Å²) in [6.07, 6.45) is 16.1. The van der Waals surface area contributed by atoms with Crippen molar-refractivity contribution in [3.05, 3.63) is 0 Å². The molecule has 0 heterocycles. The summed E-state index contributed by atoms with van der Waals surface area (Å²) < 4.78 is 0. The fourth-order valence-corrected chi connectivity index (χ4v) is 2.58. The number of rotatable bonds is 15. The van der Waals surface area contributed by atoms with Crippen molar-refractivity contribution >= 4 is 5.97 Å². The molecule has 0 unspecified atom stereocenters. The molecule has 0 aromatic carbocycles. The topological polar surface area (TPSA) is 40.5 Å². The van der Waals surface area contributed by atoms with E-state index in [1.54, 1.807) is 6.92 Å². The van der Waals surface area contributed by atoms with Crippen LogP contribution in [0.1, 0.15) is 90.9 Å². The third kappa shape index (κ3) is 12.9. The Morgan fingerprint density at radius 2 is 1.24 bits per heavy atom. The smallest absolute Gasteiger partial charge is 0.320 e. The second-order valence-corrected chi connectivity index (χ2v) is 6.38. The Morgan fingerprint density at radius 1 is 0.857 bits per heavy atom. The second kappa shape index (κ2) is 14.4. The Kier molecular flexibility index (Phi) is 14.0. The molecule has 0 rings (SSSR count). The van der Waals surface area contributed by atoms with E-state index < -0.39 is 5.97 Å². The molecule has 0 aliphatic carbocycles. The van der Waals surface area contributed by atoms with Crippen molar-refractivity contribution in [2.24, 2.45) is 0 Å². The van der Waals surface area contributed by atoms with Gasteiger partial charge in [-0.2, -0.15) is 0 Å². The Balaban J connectivity index is 3.20. The van der Waals surface area contributed by atoms with Crippen LogP contribution in [-0.2, 0) is 4.79 Å². The van der Waals surface area contributed by atoms with Crippen molar-refractivity contribution in [3.8, 4) is 0 Å². The molecular formula is C18H37NO2. The Morgan fingerprint density at radius 3 is 1.62 bits per heavy atom. The van der Waals surface area contributed by atoms with E-state index in [1.165, 1.54) is 70.6 Å². The van der Waals surface area contributed by atoms with Crippen LogP contribution in [0.15, 0.2) is 0 Å². The molecule has 126 valence electrons. The number of likely N-dealkylation sites (N-methyl/N-ethyl adjacent to an activating group) is 1. The molecule has 3 nitrogen and oxygen atoms in total. The monoisotopic (exact) mass is 299 g/mol. The summed E-state index contributed by atoms with van der Waals surface area (Å²) in [7, 11) is 1.90. The number of hydrogen-bond acceptors (Lipinski definition) is 2. The average Bonchev–Trinajstić information content (AvgIpc) is 2.47. The van der Waals surface area contributed by atoms with Crippen molar-refractivity contribution in [2.75, 3.05) is 13.6 Å². The van der Waals surface area contributed by atoms with Crippen LogP contribution >= 0.6 is 0 Å². The summed E-state index contributed by atoms with van der Waals surface area (Å²) >= 11 is 0. The molecule has 1 N–H and O–H groups in total. The van der Waals surface area contributed by atoms with Gasteiger partial charge in [0.2, 0.25) is 0 Å². The van der Waals surface area contributed by atoms with Crippen LogP contribution in [0, 0.1) is 0 Å². The summed E-state index contributed by atoms with van der Waals surface area (Å²) in [4.78, 5) is 12.7. The van der Waals surface area contributed by atoms with Gasteiger partial charge in [0.15, 0.2) is 0 Å². The highest BCUT2D eigenvalue weighted by Crippen LogP contribution is 2.12. The molecule has 0 radical (unpaired) electrons. The van der Waals surface area contributed by atoms with Gasteiger partial charge >= 0.3 is 5.97 Å². The van der Waals surface area contributed by atoms with Crippen LogP contribution in [0.5, 0.6) is 0 Å². The zero-order chi connectivity index (χ0) is 15.9. The summed E-state index contributed by atoms with van der Waals surface area (Å²) in [5.74, 6) is -0.726. The SMILES string of the molecule is CCCCCCCCCCCCCCN(C)[C@@H](C)C(=O)O. The van der Waals surface area contributed by atoms with Gasteiger partial charge in [0.1, 0.15) is 6.04 Å². The van der Waals surface area contributed by atoms with E-state index in [1.807, 2.05) is 11.9 Å². The van der Waals surface area contributed by atoms with Gasteiger partial charge in [0.05, 0.1) is 0 Å². The first-order valence-corrected chi connectivity index (χ1v) is 9.02. The van der Waals surface area contributed by atoms with E-state index in [0.717, 1.165) is 13.0 Å². The lowest BCUT2D eigenvalue weighted by molar-refractivity contribution is -0.142. The van der Waals surface area contributed by atoms with Crippen LogP contribution in [0.3, 0.4) is 0 Å². The Bertz CT molecular complexity index is 243. The number of aliphatic carboxylic acids is 1. The molecule has 0 spiro atoms. The third-order valence-electron chi connectivity index (χ3n) is 4.38. The minimum Gasteiger partial charge on any atom is -0.480 e. The molecule has 21 heavy (non-hydrogen) atoms.